The summed E-state index contributed by atoms with van der Waals surface area (Å²) in [6.07, 6.45) is 0. The zero-order valence-electron chi connectivity index (χ0n) is 8.44. The SMILES string of the molecule is CC1(C)Nc2ccccc2S(=O)(=O)C1=O. The average Bonchev–Trinajstić information content (AvgIpc) is 2.15. The lowest BCUT2D eigenvalue weighted by molar-refractivity contribution is -0.114. The van der Waals surface area contributed by atoms with Gasteiger partial charge < -0.3 is 5.32 Å². The number of benzene rings is 1. The van der Waals surface area contributed by atoms with Gasteiger partial charge in [-0.2, -0.15) is 0 Å². The first-order valence-electron chi connectivity index (χ1n) is 4.52. The standard InChI is InChI=1S/C10H11NO3S/c1-10(2)9(12)15(13,14)8-6-4-3-5-7(8)11-10/h3-6,11H,1-2H3. The fraction of sp³-hybridized carbons (Fsp3) is 0.300. The number of carbonyl (C=O) groups excluding carboxylic acids is 1. The Labute approximate surface area is 88.2 Å². The summed E-state index contributed by atoms with van der Waals surface area (Å²) in [4.78, 5) is 11.7. The van der Waals surface area contributed by atoms with Crippen molar-refractivity contribution < 1.29 is 13.2 Å². The lowest BCUT2D eigenvalue weighted by atomic mass is 10.1. The maximum absolute atomic E-state index is 11.8. The second kappa shape index (κ2) is 2.82. The molecule has 80 valence electrons. The first-order valence-corrected chi connectivity index (χ1v) is 6.01. The molecule has 0 atom stereocenters. The summed E-state index contributed by atoms with van der Waals surface area (Å²) in [6.45, 7) is 3.12. The van der Waals surface area contributed by atoms with E-state index >= 15 is 0 Å². The largest absolute Gasteiger partial charge is 0.371 e. The molecule has 0 radical (unpaired) electrons. The molecule has 1 aromatic carbocycles. The monoisotopic (exact) mass is 225 g/mol. The predicted molar refractivity (Wildman–Crippen MR) is 56.3 cm³/mol. The van der Waals surface area contributed by atoms with Gasteiger partial charge in [-0.05, 0) is 26.0 Å². The normalized spacial score (nSPS) is 21.6. The third-order valence-corrected chi connectivity index (χ3v) is 4.31. The highest BCUT2D eigenvalue weighted by molar-refractivity contribution is 8.06. The molecule has 1 N–H and O–H groups in total. The van der Waals surface area contributed by atoms with Crippen molar-refractivity contribution in [2.45, 2.75) is 24.3 Å². The molecule has 0 saturated carbocycles. The Bertz CT molecular complexity index is 531. The summed E-state index contributed by atoms with van der Waals surface area (Å²) in [6, 6.07) is 6.42. The van der Waals surface area contributed by atoms with E-state index in [1.807, 2.05) is 0 Å². The van der Waals surface area contributed by atoms with Gasteiger partial charge in [0.1, 0.15) is 5.54 Å². The number of fused-ring (bicyclic) bond motifs is 1. The van der Waals surface area contributed by atoms with Crippen LogP contribution in [0.25, 0.3) is 0 Å². The summed E-state index contributed by atoms with van der Waals surface area (Å²) in [5.74, 6) is 0. The summed E-state index contributed by atoms with van der Waals surface area (Å²) < 4.78 is 23.7. The second-order valence-electron chi connectivity index (χ2n) is 4.04. The number of nitrogens with one attached hydrogen (secondary N) is 1. The lowest BCUT2D eigenvalue weighted by Crippen LogP contribution is -2.48. The fourth-order valence-electron chi connectivity index (χ4n) is 1.63. The van der Waals surface area contributed by atoms with Crippen molar-refractivity contribution in [1.82, 2.24) is 0 Å². The van der Waals surface area contributed by atoms with E-state index < -0.39 is 20.5 Å². The Kier molecular flexibility index (Phi) is 1.91. The topological polar surface area (TPSA) is 63.2 Å². The molecule has 0 saturated heterocycles. The molecule has 1 aliphatic rings. The number of carbonyl (C=O) groups is 1. The van der Waals surface area contributed by atoms with Crippen LogP contribution in [0.3, 0.4) is 0 Å². The van der Waals surface area contributed by atoms with E-state index in [0.29, 0.717) is 5.69 Å². The van der Waals surface area contributed by atoms with Crippen LogP contribution in [0.5, 0.6) is 0 Å². The van der Waals surface area contributed by atoms with Gasteiger partial charge in [0.05, 0.1) is 10.6 Å². The van der Waals surface area contributed by atoms with E-state index in [1.54, 1.807) is 32.0 Å². The number of hydrogen-bond donors (Lipinski definition) is 1. The maximum atomic E-state index is 11.8. The molecule has 0 aliphatic carbocycles. The minimum atomic E-state index is -3.83. The van der Waals surface area contributed by atoms with Crippen LogP contribution in [0.2, 0.25) is 0 Å². The third-order valence-electron chi connectivity index (χ3n) is 2.38. The highest BCUT2D eigenvalue weighted by Crippen LogP contribution is 2.33. The maximum Gasteiger partial charge on any atom is 0.275 e. The summed E-state index contributed by atoms with van der Waals surface area (Å²) >= 11 is 0. The second-order valence-corrected chi connectivity index (χ2v) is 5.85. The molecule has 1 aromatic rings. The molecule has 4 nitrogen and oxygen atoms in total. The molecule has 0 fully saturated rings. The van der Waals surface area contributed by atoms with E-state index in [1.165, 1.54) is 6.07 Å². The summed E-state index contributed by atoms with van der Waals surface area (Å²) in [7, 11) is -3.83. The van der Waals surface area contributed by atoms with Gasteiger partial charge in [0.2, 0.25) is 9.84 Å². The molecule has 1 aliphatic heterocycles. The molecule has 0 amide bonds. The first kappa shape index (κ1) is 10.2. The fourth-order valence-corrected chi connectivity index (χ4v) is 3.22. The number of anilines is 1. The molecular weight excluding hydrogens is 214 g/mol. The molecule has 0 bridgehead atoms. The van der Waals surface area contributed by atoms with Crippen molar-refractivity contribution in [3.8, 4) is 0 Å². The predicted octanol–water partition coefficient (Wildman–Crippen LogP) is 1.19. The minimum Gasteiger partial charge on any atom is -0.371 e. The Morgan fingerprint density at radius 2 is 1.80 bits per heavy atom. The van der Waals surface area contributed by atoms with Crippen LogP contribution >= 0.6 is 0 Å². The van der Waals surface area contributed by atoms with Gasteiger partial charge in [0, 0.05) is 0 Å². The van der Waals surface area contributed by atoms with E-state index in [2.05, 4.69) is 5.32 Å². The Balaban J connectivity index is 2.76. The van der Waals surface area contributed by atoms with Crippen LogP contribution in [-0.4, -0.2) is 19.1 Å². The van der Waals surface area contributed by atoms with Crippen molar-refractivity contribution >= 4 is 20.6 Å². The van der Waals surface area contributed by atoms with Crippen molar-refractivity contribution in [3.63, 3.8) is 0 Å². The van der Waals surface area contributed by atoms with Crippen LogP contribution in [0.1, 0.15) is 13.8 Å². The van der Waals surface area contributed by atoms with Gasteiger partial charge >= 0.3 is 0 Å². The average molecular weight is 225 g/mol. The molecule has 5 heteroatoms. The van der Waals surface area contributed by atoms with E-state index in [4.69, 9.17) is 0 Å². The molecule has 0 spiro atoms. The van der Waals surface area contributed by atoms with Crippen LogP contribution in [0.4, 0.5) is 5.69 Å². The van der Waals surface area contributed by atoms with Crippen molar-refractivity contribution in [1.29, 1.82) is 0 Å². The van der Waals surface area contributed by atoms with Crippen LogP contribution in [0.15, 0.2) is 29.2 Å². The number of sulfone groups is 1. The van der Waals surface area contributed by atoms with Gasteiger partial charge in [-0.3, -0.25) is 4.79 Å². The van der Waals surface area contributed by atoms with Crippen molar-refractivity contribution in [3.05, 3.63) is 24.3 Å². The van der Waals surface area contributed by atoms with Crippen molar-refractivity contribution in [2.24, 2.45) is 0 Å². The molecular formula is C10H11NO3S. The van der Waals surface area contributed by atoms with Crippen LogP contribution in [-0.2, 0) is 14.6 Å². The molecule has 2 rings (SSSR count). The Morgan fingerprint density at radius 3 is 2.47 bits per heavy atom. The smallest absolute Gasteiger partial charge is 0.275 e. The quantitative estimate of drug-likeness (QED) is 0.720. The minimum absolute atomic E-state index is 0.0642. The highest BCUT2D eigenvalue weighted by Gasteiger charge is 2.44. The molecule has 1 heterocycles. The van der Waals surface area contributed by atoms with Gasteiger partial charge in [-0.1, -0.05) is 12.1 Å². The number of para-hydroxylation sites is 1. The van der Waals surface area contributed by atoms with Gasteiger partial charge in [0.25, 0.3) is 5.12 Å². The number of rotatable bonds is 0. The summed E-state index contributed by atoms with van der Waals surface area (Å²) in [5, 5.41) is 2.13. The van der Waals surface area contributed by atoms with E-state index in [-0.39, 0.29) is 4.90 Å². The molecule has 0 aromatic heterocycles. The molecule has 15 heavy (non-hydrogen) atoms. The summed E-state index contributed by atoms with van der Waals surface area (Å²) in [5.41, 5.74) is -0.574. The van der Waals surface area contributed by atoms with Crippen LogP contribution < -0.4 is 5.32 Å². The zero-order chi connectivity index (χ0) is 11.3. The van der Waals surface area contributed by atoms with Crippen molar-refractivity contribution in [2.75, 3.05) is 5.32 Å². The Hall–Kier alpha value is -1.36. The van der Waals surface area contributed by atoms with E-state index in [0.717, 1.165) is 0 Å². The van der Waals surface area contributed by atoms with Gasteiger partial charge in [-0.15, -0.1) is 0 Å². The van der Waals surface area contributed by atoms with Gasteiger partial charge in [-0.25, -0.2) is 8.42 Å². The van der Waals surface area contributed by atoms with Crippen LogP contribution in [0, 0.1) is 0 Å². The number of hydrogen-bond acceptors (Lipinski definition) is 4. The lowest BCUT2D eigenvalue weighted by Gasteiger charge is -2.31. The highest BCUT2D eigenvalue weighted by atomic mass is 32.2. The zero-order valence-corrected chi connectivity index (χ0v) is 9.26. The van der Waals surface area contributed by atoms with Gasteiger partial charge in [0.15, 0.2) is 0 Å². The van der Waals surface area contributed by atoms with E-state index in [9.17, 15) is 13.2 Å². The molecule has 0 unspecified atom stereocenters. The third kappa shape index (κ3) is 1.34. The first-order chi connectivity index (χ1) is 6.86. The Morgan fingerprint density at radius 1 is 1.20 bits per heavy atom.